The van der Waals surface area contributed by atoms with Crippen LogP contribution < -0.4 is 5.32 Å². The topological polar surface area (TPSA) is 15.3 Å². The summed E-state index contributed by atoms with van der Waals surface area (Å²) in [6.45, 7) is 4.21. The van der Waals surface area contributed by atoms with E-state index >= 15 is 0 Å². The first kappa shape index (κ1) is 18.2. The zero-order chi connectivity index (χ0) is 14.7. The Labute approximate surface area is 147 Å². The number of hydrogen-bond acceptors (Lipinski definition) is 2. The lowest BCUT2D eigenvalue weighted by Gasteiger charge is -2.41. The Morgan fingerprint density at radius 3 is 2.41 bits per heavy atom. The van der Waals surface area contributed by atoms with Gasteiger partial charge in [0.1, 0.15) is 5.82 Å². The van der Waals surface area contributed by atoms with Gasteiger partial charge in [0, 0.05) is 36.7 Å². The second-order valence-corrected chi connectivity index (χ2v) is 7.25. The van der Waals surface area contributed by atoms with Crippen LogP contribution in [0.15, 0.2) is 22.7 Å². The van der Waals surface area contributed by atoms with Crippen LogP contribution in [-0.4, -0.2) is 31.1 Å². The highest BCUT2D eigenvalue weighted by Crippen LogP contribution is 2.39. The van der Waals surface area contributed by atoms with Gasteiger partial charge in [0.25, 0.3) is 0 Å². The molecule has 5 heteroatoms. The summed E-state index contributed by atoms with van der Waals surface area (Å²) in [7, 11) is 0. The van der Waals surface area contributed by atoms with Gasteiger partial charge in [-0.25, -0.2) is 4.39 Å². The highest BCUT2D eigenvalue weighted by Gasteiger charge is 2.31. The van der Waals surface area contributed by atoms with E-state index < -0.39 is 0 Å². The van der Waals surface area contributed by atoms with Crippen LogP contribution in [0.4, 0.5) is 4.39 Å². The zero-order valence-electron chi connectivity index (χ0n) is 12.9. The fraction of sp³-hybridized carbons (Fsp3) is 0.647. The standard InChI is InChI=1S/C17H24BrFN2.ClH/c18-15-10-14(11-16(19)12-15)17(13-4-2-1-3-5-13)21-8-6-20-7-9-21;/h10-13,17,20H,1-9H2;1H/t17-;/m0./s1. The Balaban J connectivity index is 0.00000176. The second kappa shape index (κ2) is 8.62. The number of nitrogens with zero attached hydrogens (tertiary/aromatic N) is 1. The molecule has 1 atom stereocenters. The van der Waals surface area contributed by atoms with Crippen molar-refractivity contribution in [2.75, 3.05) is 26.2 Å². The van der Waals surface area contributed by atoms with Crippen LogP contribution in [0.1, 0.15) is 43.7 Å². The molecule has 1 saturated heterocycles. The average Bonchev–Trinajstić information content (AvgIpc) is 2.49. The quantitative estimate of drug-likeness (QED) is 0.814. The molecule has 1 N–H and O–H groups in total. The Hall–Kier alpha value is -0.160. The predicted octanol–water partition coefficient (Wildman–Crippen LogP) is 4.54. The van der Waals surface area contributed by atoms with Gasteiger partial charge in [0.15, 0.2) is 0 Å². The van der Waals surface area contributed by atoms with Crippen LogP contribution in [0, 0.1) is 11.7 Å². The SMILES string of the molecule is Cl.Fc1cc(Br)cc([C@H](C2CCCCC2)N2CCNCC2)c1. The van der Waals surface area contributed by atoms with Crippen LogP contribution in [0.2, 0.25) is 0 Å². The lowest BCUT2D eigenvalue weighted by atomic mass is 9.80. The smallest absolute Gasteiger partial charge is 0.124 e. The first-order chi connectivity index (χ1) is 10.2. The third-order valence-corrected chi connectivity index (χ3v) is 5.33. The van der Waals surface area contributed by atoms with Gasteiger partial charge < -0.3 is 5.32 Å². The minimum absolute atomic E-state index is 0. The molecule has 0 unspecified atom stereocenters. The minimum atomic E-state index is -0.129. The van der Waals surface area contributed by atoms with E-state index in [1.807, 2.05) is 0 Å². The number of nitrogens with one attached hydrogen (secondary N) is 1. The van der Waals surface area contributed by atoms with Gasteiger partial charge in [0.2, 0.25) is 0 Å². The molecule has 2 aliphatic rings. The highest BCUT2D eigenvalue weighted by molar-refractivity contribution is 9.10. The van der Waals surface area contributed by atoms with Gasteiger partial charge in [-0.05, 0) is 42.5 Å². The fourth-order valence-electron chi connectivity index (χ4n) is 3.94. The van der Waals surface area contributed by atoms with Gasteiger partial charge in [-0.3, -0.25) is 4.90 Å². The lowest BCUT2D eigenvalue weighted by molar-refractivity contribution is 0.103. The maximum atomic E-state index is 13.9. The summed E-state index contributed by atoms with van der Waals surface area (Å²) in [5, 5.41) is 3.42. The Bertz CT molecular complexity index is 435. The van der Waals surface area contributed by atoms with Gasteiger partial charge in [0.05, 0.1) is 0 Å². The van der Waals surface area contributed by atoms with E-state index in [0.717, 1.165) is 36.2 Å². The van der Waals surface area contributed by atoms with Crippen LogP contribution in [0.25, 0.3) is 0 Å². The summed E-state index contributed by atoms with van der Waals surface area (Å²) in [6, 6.07) is 5.79. The number of rotatable bonds is 3. The maximum Gasteiger partial charge on any atom is 0.124 e. The first-order valence-electron chi connectivity index (χ1n) is 8.15. The fourth-order valence-corrected chi connectivity index (χ4v) is 4.42. The van der Waals surface area contributed by atoms with E-state index in [-0.39, 0.29) is 18.2 Å². The summed E-state index contributed by atoms with van der Waals surface area (Å²) in [5.41, 5.74) is 1.15. The van der Waals surface area contributed by atoms with Gasteiger partial charge >= 0.3 is 0 Å². The number of benzene rings is 1. The Morgan fingerprint density at radius 2 is 1.77 bits per heavy atom. The van der Waals surface area contributed by atoms with Crippen molar-refractivity contribution in [1.29, 1.82) is 0 Å². The summed E-state index contributed by atoms with van der Waals surface area (Å²) in [6.07, 6.45) is 6.57. The van der Waals surface area contributed by atoms with Crippen molar-refractivity contribution in [1.82, 2.24) is 10.2 Å². The second-order valence-electron chi connectivity index (χ2n) is 6.33. The van der Waals surface area contributed by atoms with E-state index in [0.29, 0.717) is 12.0 Å². The Morgan fingerprint density at radius 1 is 1.09 bits per heavy atom. The molecule has 1 aromatic carbocycles. The first-order valence-corrected chi connectivity index (χ1v) is 8.94. The molecule has 0 aromatic heterocycles. The molecule has 2 fully saturated rings. The molecular weight excluding hydrogens is 367 g/mol. The van der Waals surface area contributed by atoms with Gasteiger partial charge in [-0.1, -0.05) is 35.2 Å². The molecule has 2 nitrogen and oxygen atoms in total. The van der Waals surface area contributed by atoms with E-state index in [1.54, 1.807) is 12.1 Å². The number of halogens is 3. The highest BCUT2D eigenvalue weighted by atomic mass is 79.9. The summed E-state index contributed by atoms with van der Waals surface area (Å²) in [5.74, 6) is 0.542. The number of hydrogen-bond donors (Lipinski definition) is 1. The van der Waals surface area contributed by atoms with Crippen molar-refractivity contribution in [3.8, 4) is 0 Å². The molecule has 1 aliphatic carbocycles. The van der Waals surface area contributed by atoms with Crippen LogP contribution in [0.3, 0.4) is 0 Å². The van der Waals surface area contributed by atoms with Crippen LogP contribution >= 0.6 is 28.3 Å². The molecule has 0 radical (unpaired) electrons. The average molecular weight is 392 g/mol. The molecule has 1 aromatic rings. The van der Waals surface area contributed by atoms with Crippen LogP contribution in [0.5, 0.6) is 0 Å². The third kappa shape index (κ3) is 4.44. The molecule has 3 rings (SSSR count). The lowest BCUT2D eigenvalue weighted by Crippen LogP contribution is -2.47. The molecule has 1 aliphatic heterocycles. The van der Waals surface area contributed by atoms with E-state index in [1.165, 1.54) is 32.1 Å². The Kier molecular flexibility index (Phi) is 7.13. The molecule has 0 amide bonds. The molecule has 0 spiro atoms. The van der Waals surface area contributed by atoms with Crippen molar-refractivity contribution in [3.63, 3.8) is 0 Å². The summed E-state index contributed by atoms with van der Waals surface area (Å²) >= 11 is 3.46. The van der Waals surface area contributed by atoms with Crippen molar-refractivity contribution in [3.05, 3.63) is 34.1 Å². The van der Waals surface area contributed by atoms with E-state index in [9.17, 15) is 4.39 Å². The number of piperazine rings is 1. The predicted molar refractivity (Wildman–Crippen MR) is 95.1 cm³/mol. The van der Waals surface area contributed by atoms with Crippen LogP contribution in [-0.2, 0) is 0 Å². The summed E-state index contributed by atoms with van der Waals surface area (Å²) < 4.78 is 14.7. The molecular formula is C17H25BrClFN2. The molecule has 1 saturated carbocycles. The maximum absolute atomic E-state index is 13.9. The van der Waals surface area contributed by atoms with Crippen molar-refractivity contribution >= 4 is 28.3 Å². The van der Waals surface area contributed by atoms with Crippen molar-refractivity contribution in [2.24, 2.45) is 5.92 Å². The zero-order valence-corrected chi connectivity index (χ0v) is 15.3. The molecule has 1 heterocycles. The van der Waals surface area contributed by atoms with E-state index in [4.69, 9.17) is 0 Å². The van der Waals surface area contributed by atoms with E-state index in [2.05, 4.69) is 32.2 Å². The minimum Gasteiger partial charge on any atom is -0.314 e. The monoisotopic (exact) mass is 390 g/mol. The van der Waals surface area contributed by atoms with Crippen molar-refractivity contribution < 1.29 is 4.39 Å². The molecule has 22 heavy (non-hydrogen) atoms. The molecule has 0 bridgehead atoms. The van der Waals surface area contributed by atoms with Crippen molar-refractivity contribution in [2.45, 2.75) is 38.1 Å². The summed E-state index contributed by atoms with van der Waals surface area (Å²) in [4.78, 5) is 2.56. The third-order valence-electron chi connectivity index (χ3n) is 4.87. The largest absolute Gasteiger partial charge is 0.314 e. The van der Waals surface area contributed by atoms with Gasteiger partial charge in [-0.15, -0.1) is 12.4 Å². The molecule has 124 valence electrons. The van der Waals surface area contributed by atoms with Gasteiger partial charge in [-0.2, -0.15) is 0 Å². The normalized spacial score (nSPS) is 22.1.